The number of hydrogen-bond acceptors (Lipinski definition) is 0. The molecule has 1 fully saturated rings. The van der Waals surface area contributed by atoms with Crippen molar-refractivity contribution in [3.8, 4) is 11.1 Å². The van der Waals surface area contributed by atoms with E-state index in [9.17, 15) is 8.78 Å². The Labute approximate surface area is 214 Å². The molecule has 0 aliphatic heterocycles. The van der Waals surface area contributed by atoms with Gasteiger partial charge in [-0.2, -0.15) is 0 Å². The third-order valence-electron chi connectivity index (χ3n) is 8.10. The molecule has 3 aromatic carbocycles. The van der Waals surface area contributed by atoms with E-state index < -0.39 is 17.5 Å². The molecule has 0 aromatic heterocycles. The van der Waals surface area contributed by atoms with Gasteiger partial charge in [0.1, 0.15) is 5.82 Å². The fourth-order valence-electron chi connectivity index (χ4n) is 5.79. The quantitative estimate of drug-likeness (QED) is 0.184. The standard InChI is InChI=1S/C33H39F3/c1-3-5-7-9-28-22-27-20-21-29(32(35)30(27)33(36)31(28)34)26-18-16-25(17-19-26)15-14-24-12-10-23(11-13-24)8-6-4-2/h4,16-24H,2-3,5-15H2,1H3. The molecule has 1 aliphatic carbocycles. The molecule has 36 heavy (non-hydrogen) atoms. The van der Waals surface area contributed by atoms with E-state index in [4.69, 9.17) is 0 Å². The summed E-state index contributed by atoms with van der Waals surface area (Å²) in [5.74, 6) is -1.03. The van der Waals surface area contributed by atoms with Crippen LogP contribution in [0.4, 0.5) is 13.2 Å². The summed E-state index contributed by atoms with van der Waals surface area (Å²) in [6.07, 6.45) is 15.1. The van der Waals surface area contributed by atoms with Gasteiger partial charge in [-0.1, -0.05) is 87.9 Å². The molecule has 192 valence electrons. The third-order valence-corrected chi connectivity index (χ3v) is 8.10. The molecule has 3 aromatic rings. The lowest BCUT2D eigenvalue weighted by Crippen LogP contribution is -2.15. The van der Waals surface area contributed by atoms with Crippen molar-refractivity contribution in [1.82, 2.24) is 0 Å². The maximum atomic E-state index is 15.4. The molecule has 0 atom stereocenters. The van der Waals surface area contributed by atoms with E-state index >= 15 is 4.39 Å². The largest absolute Gasteiger partial charge is 0.206 e. The van der Waals surface area contributed by atoms with Gasteiger partial charge in [-0.25, -0.2) is 13.2 Å². The van der Waals surface area contributed by atoms with Crippen LogP contribution in [0.25, 0.3) is 21.9 Å². The number of allylic oxidation sites excluding steroid dienone is 1. The van der Waals surface area contributed by atoms with Gasteiger partial charge in [-0.05, 0) is 78.5 Å². The number of hydrogen-bond donors (Lipinski definition) is 0. The van der Waals surface area contributed by atoms with Crippen molar-refractivity contribution in [2.45, 2.75) is 84.0 Å². The van der Waals surface area contributed by atoms with Gasteiger partial charge >= 0.3 is 0 Å². The second-order valence-corrected chi connectivity index (χ2v) is 10.6. The molecule has 1 saturated carbocycles. The first-order valence-electron chi connectivity index (χ1n) is 13.8. The van der Waals surface area contributed by atoms with Crippen LogP contribution in [-0.4, -0.2) is 0 Å². The zero-order valence-corrected chi connectivity index (χ0v) is 21.6. The number of rotatable bonds is 11. The average molecular weight is 493 g/mol. The van der Waals surface area contributed by atoms with Gasteiger partial charge in [-0.3, -0.25) is 0 Å². The average Bonchev–Trinajstić information content (AvgIpc) is 2.90. The molecule has 3 heteroatoms. The highest BCUT2D eigenvalue weighted by Gasteiger charge is 2.21. The van der Waals surface area contributed by atoms with Gasteiger partial charge in [-0.15, -0.1) is 6.58 Å². The summed E-state index contributed by atoms with van der Waals surface area (Å²) >= 11 is 0. The lowest BCUT2D eigenvalue weighted by atomic mass is 9.78. The summed E-state index contributed by atoms with van der Waals surface area (Å²) in [6, 6.07) is 12.9. The summed E-state index contributed by atoms with van der Waals surface area (Å²) in [5, 5.41) is 0.162. The van der Waals surface area contributed by atoms with E-state index in [1.165, 1.54) is 44.1 Å². The topological polar surface area (TPSA) is 0 Å². The van der Waals surface area contributed by atoms with Crippen molar-refractivity contribution in [1.29, 1.82) is 0 Å². The minimum absolute atomic E-state index is 0.253. The molecule has 0 amide bonds. The summed E-state index contributed by atoms with van der Waals surface area (Å²) in [7, 11) is 0. The van der Waals surface area contributed by atoms with Crippen LogP contribution in [0.3, 0.4) is 0 Å². The van der Waals surface area contributed by atoms with Crippen LogP contribution in [0.1, 0.15) is 82.3 Å². The molecule has 0 unspecified atom stereocenters. The summed E-state index contributed by atoms with van der Waals surface area (Å²) in [5.41, 5.74) is 2.56. The second kappa shape index (κ2) is 12.6. The smallest absolute Gasteiger partial charge is 0.169 e. The van der Waals surface area contributed by atoms with Crippen LogP contribution in [-0.2, 0) is 12.8 Å². The minimum Gasteiger partial charge on any atom is -0.206 e. The summed E-state index contributed by atoms with van der Waals surface area (Å²) < 4.78 is 45.0. The van der Waals surface area contributed by atoms with Gasteiger partial charge in [0.2, 0.25) is 0 Å². The Hall–Kier alpha value is -2.55. The van der Waals surface area contributed by atoms with Gasteiger partial charge in [0, 0.05) is 5.56 Å². The molecular weight excluding hydrogens is 453 g/mol. The van der Waals surface area contributed by atoms with Crippen LogP contribution >= 0.6 is 0 Å². The van der Waals surface area contributed by atoms with Crippen molar-refractivity contribution >= 4 is 10.8 Å². The Balaban J connectivity index is 1.43. The SMILES string of the molecule is C=CCCC1CCC(CCc2ccc(-c3ccc4cc(CCCCC)c(F)c(F)c4c3F)cc2)CC1. The molecule has 0 nitrogen and oxygen atoms in total. The van der Waals surface area contributed by atoms with Crippen molar-refractivity contribution in [3.63, 3.8) is 0 Å². The third kappa shape index (κ3) is 6.22. The van der Waals surface area contributed by atoms with Gasteiger partial charge < -0.3 is 0 Å². The Morgan fingerprint density at radius 1 is 0.806 bits per heavy atom. The molecule has 1 aliphatic rings. The number of benzene rings is 3. The van der Waals surface area contributed by atoms with Gasteiger partial charge in [0.25, 0.3) is 0 Å². The first kappa shape index (κ1) is 26.5. The molecular formula is C33H39F3. The van der Waals surface area contributed by atoms with Crippen molar-refractivity contribution < 1.29 is 13.2 Å². The number of fused-ring (bicyclic) bond motifs is 1. The van der Waals surface area contributed by atoms with E-state index in [1.807, 2.05) is 30.3 Å². The maximum absolute atomic E-state index is 15.4. The highest BCUT2D eigenvalue weighted by atomic mass is 19.2. The number of unbranched alkanes of at least 4 members (excludes halogenated alkanes) is 2. The molecule has 0 saturated heterocycles. The highest BCUT2D eigenvalue weighted by molar-refractivity contribution is 5.89. The van der Waals surface area contributed by atoms with Gasteiger partial charge in [0.15, 0.2) is 11.6 Å². The fourth-order valence-corrected chi connectivity index (χ4v) is 5.79. The first-order valence-corrected chi connectivity index (χ1v) is 13.8. The zero-order valence-electron chi connectivity index (χ0n) is 21.6. The predicted octanol–water partition coefficient (Wildman–Crippen LogP) is 10.4. The van der Waals surface area contributed by atoms with Crippen LogP contribution in [0.2, 0.25) is 0 Å². The van der Waals surface area contributed by atoms with Crippen LogP contribution in [0.15, 0.2) is 55.1 Å². The van der Waals surface area contributed by atoms with Crippen molar-refractivity contribution in [3.05, 3.63) is 83.7 Å². The maximum Gasteiger partial charge on any atom is 0.169 e. The van der Waals surface area contributed by atoms with Crippen molar-refractivity contribution in [2.75, 3.05) is 0 Å². The molecule has 4 rings (SSSR count). The Bertz CT molecular complexity index is 1150. The monoisotopic (exact) mass is 492 g/mol. The van der Waals surface area contributed by atoms with E-state index in [0.717, 1.165) is 43.9 Å². The zero-order chi connectivity index (χ0) is 25.5. The Kier molecular flexibility index (Phi) is 9.29. The van der Waals surface area contributed by atoms with Crippen LogP contribution in [0.5, 0.6) is 0 Å². The van der Waals surface area contributed by atoms with Gasteiger partial charge in [0.05, 0.1) is 5.39 Å². The molecule has 0 spiro atoms. The number of halogens is 3. The summed E-state index contributed by atoms with van der Waals surface area (Å²) in [6.45, 7) is 5.90. The van der Waals surface area contributed by atoms with Crippen LogP contribution in [0, 0.1) is 29.3 Å². The molecule has 0 N–H and O–H groups in total. The second-order valence-electron chi connectivity index (χ2n) is 10.6. The minimum atomic E-state index is -1.07. The highest BCUT2D eigenvalue weighted by Crippen LogP contribution is 2.35. The number of aryl methyl sites for hydroxylation is 2. The predicted molar refractivity (Wildman–Crippen MR) is 146 cm³/mol. The van der Waals surface area contributed by atoms with E-state index in [0.29, 0.717) is 28.5 Å². The summed E-state index contributed by atoms with van der Waals surface area (Å²) in [4.78, 5) is 0. The molecule has 0 radical (unpaired) electrons. The lowest BCUT2D eigenvalue weighted by molar-refractivity contribution is 0.254. The van der Waals surface area contributed by atoms with E-state index in [2.05, 4.69) is 13.5 Å². The lowest BCUT2D eigenvalue weighted by Gasteiger charge is -2.28. The first-order chi connectivity index (χ1) is 17.5. The molecule has 0 heterocycles. The van der Waals surface area contributed by atoms with E-state index in [-0.39, 0.29) is 5.39 Å². The van der Waals surface area contributed by atoms with Crippen LogP contribution < -0.4 is 0 Å². The van der Waals surface area contributed by atoms with E-state index in [1.54, 1.807) is 18.2 Å². The fraction of sp³-hybridized carbons (Fsp3) is 0.455. The Morgan fingerprint density at radius 3 is 2.17 bits per heavy atom. The molecule has 0 bridgehead atoms. The Morgan fingerprint density at radius 2 is 1.50 bits per heavy atom. The normalized spacial score (nSPS) is 18.0. The van der Waals surface area contributed by atoms with Crippen molar-refractivity contribution in [2.24, 2.45) is 11.8 Å².